The highest BCUT2D eigenvalue weighted by Gasteiger charge is 2.26. The third-order valence-electron chi connectivity index (χ3n) is 3.43. The number of phenolic OH excluding ortho intramolecular Hbond substituents is 1. The third kappa shape index (κ3) is 3.19. The van der Waals surface area contributed by atoms with E-state index in [0.717, 1.165) is 21.5 Å². The summed E-state index contributed by atoms with van der Waals surface area (Å²) in [6, 6.07) is 12.4. The van der Waals surface area contributed by atoms with Gasteiger partial charge < -0.3 is 15.2 Å². The van der Waals surface area contributed by atoms with Gasteiger partial charge in [0.1, 0.15) is 18.1 Å². The first kappa shape index (κ1) is 13.9. The highest BCUT2D eigenvalue weighted by Crippen LogP contribution is 2.30. The predicted octanol–water partition coefficient (Wildman–Crippen LogP) is 3.34. The lowest BCUT2D eigenvalue weighted by atomic mass is 9.95. The molecule has 0 saturated carbocycles. The van der Waals surface area contributed by atoms with E-state index in [1.807, 2.05) is 24.3 Å². The van der Waals surface area contributed by atoms with Crippen LogP contribution >= 0.6 is 15.9 Å². The van der Waals surface area contributed by atoms with Gasteiger partial charge in [-0.3, -0.25) is 4.79 Å². The van der Waals surface area contributed by atoms with Gasteiger partial charge in [-0.25, -0.2) is 0 Å². The van der Waals surface area contributed by atoms with Gasteiger partial charge in [-0.2, -0.15) is 0 Å². The van der Waals surface area contributed by atoms with Crippen LogP contribution in [0.3, 0.4) is 0 Å². The summed E-state index contributed by atoms with van der Waals surface area (Å²) in [5.41, 5.74) is 1.61. The van der Waals surface area contributed by atoms with Gasteiger partial charge in [0, 0.05) is 10.2 Å². The Morgan fingerprint density at radius 1 is 1.24 bits per heavy atom. The molecule has 0 aromatic heterocycles. The second kappa shape index (κ2) is 5.77. The summed E-state index contributed by atoms with van der Waals surface area (Å²) in [5, 5.41) is 12.4. The van der Waals surface area contributed by atoms with E-state index in [1.165, 1.54) is 0 Å². The molecule has 3 rings (SSSR count). The Morgan fingerprint density at radius 3 is 2.76 bits per heavy atom. The topological polar surface area (TPSA) is 58.6 Å². The summed E-state index contributed by atoms with van der Waals surface area (Å²) >= 11 is 3.36. The van der Waals surface area contributed by atoms with Gasteiger partial charge in [-0.05, 0) is 54.4 Å². The van der Waals surface area contributed by atoms with E-state index in [9.17, 15) is 9.90 Å². The lowest BCUT2D eigenvalue weighted by Gasteiger charge is -2.24. The largest absolute Gasteiger partial charge is 0.508 e. The molecule has 0 unspecified atom stereocenters. The molecule has 1 aliphatic heterocycles. The van der Waals surface area contributed by atoms with E-state index in [2.05, 4.69) is 21.2 Å². The average Bonchev–Trinajstić information content (AvgIpc) is 2.48. The molecule has 0 fully saturated rings. The Bertz CT molecular complexity index is 670. The molecule has 0 radical (unpaired) electrons. The minimum Gasteiger partial charge on any atom is -0.508 e. The molecule has 0 bridgehead atoms. The minimum atomic E-state index is -0.261. The zero-order valence-corrected chi connectivity index (χ0v) is 12.8. The minimum absolute atomic E-state index is 0.0775. The number of halogens is 1. The number of amides is 1. The molecule has 5 heteroatoms. The van der Waals surface area contributed by atoms with Crippen LogP contribution in [0.15, 0.2) is 46.9 Å². The van der Waals surface area contributed by atoms with Crippen molar-refractivity contribution in [2.45, 2.75) is 6.42 Å². The van der Waals surface area contributed by atoms with Crippen molar-refractivity contribution in [1.29, 1.82) is 0 Å². The first-order valence-corrected chi connectivity index (χ1v) is 7.42. The predicted molar refractivity (Wildman–Crippen MR) is 83.6 cm³/mol. The lowest BCUT2D eigenvalue weighted by Crippen LogP contribution is -2.32. The van der Waals surface area contributed by atoms with Crippen molar-refractivity contribution in [1.82, 2.24) is 0 Å². The van der Waals surface area contributed by atoms with Crippen LogP contribution in [-0.4, -0.2) is 17.6 Å². The van der Waals surface area contributed by atoms with Gasteiger partial charge >= 0.3 is 0 Å². The molecule has 21 heavy (non-hydrogen) atoms. The fourth-order valence-corrected chi connectivity index (χ4v) is 2.59. The van der Waals surface area contributed by atoms with Crippen LogP contribution in [0.25, 0.3) is 0 Å². The first-order chi connectivity index (χ1) is 10.1. The summed E-state index contributed by atoms with van der Waals surface area (Å²) in [5.74, 6) is 0.584. The normalized spacial score (nSPS) is 16.7. The van der Waals surface area contributed by atoms with Crippen LogP contribution in [0, 0.1) is 5.92 Å². The molecule has 2 aromatic rings. The van der Waals surface area contributed by atoms with E-state index in [1.54, 1.807) is 18.2 Å². The molecule has 4 nitrogen and oxygen atoms in total. The Morgan fingerprint density at radius 2 is 2.00 bits per heavy atom. The van der Waals surface area contributed by atoms with Gasteiger partial charge in [0.25, 0.3) is 0 Å². The number of rotatable bonds is 2. The summed E-state index contributed by atoms with van der Waals surface area (Å²) in [6.07, 6.45) is 0.562. The summed E-state index contributed by atoms with van der Waals surface area (Å²) in [6.45, 7) is 0.347. The molecular formula is C16H14BrNO3. The fraction of sp³-hybridized carbons (Fsp3) is 0.188. The van der Waals surface area contributed by atoms with Gasteiger partial charge in [0.05, 0.1) is 5.92 Å². The van der Waals surface area contributed by atoms with Gasteiger partial charge in [0.15, 0.2) is 0 Å². The number of hydrogen-bond donors (Lipinski definition) is 2. The van der Waals surface area contributed by atoms with E-state index in [-0.39, 0.29) is 17.6 Å². The maximum Gasteiger partial charge on any atom is 0.231 e. The number of hydrogen-bond acceptors (Lipinski definition) is 3. The van der Waals surface area contributed by atoms with Crippen LogP contribution in [-0.2, 0) is 11.2 Å². The molecule has 1 amide bonds. The fourth-order valence-electron chi connectivity index (χ4n) is 2.33. The first-order valence-electron chi connectivity index (χ1n) is 6.63. The quantitative estimate of drug-likeness (QED) is 0.875. The number of ether oxygens (including phenoxy) is 1. The van der Waals surface area contributed by atoms with Crippen molar-refractivity contribution in [2.24, 2.45) is 5.92 Å². The van der Waals surface area contributed by atoms with Crippen LogP contribution in [0.1, 0.15) is 5.56 Å². The Kier molecular flexibility index (Phi) is 3.84. The third-order valence-corrected chi connectivity index (χ3v) is 3.96. The van der Waals surface area contributed by atoms with Gasteiger partial charge in [-0.15, -0.1) is 0 Å². The smallest absolute Gasteiger partial charge is 0.231 e. The van der Waals surface area contributed by atoms with E-state index >= 15 is 0 Å². The van der Waals surface area contributed by atoms with E-state index < -0.39 is 0 Å². The molecule has 0 aliphatic carbocycles. The van der Waals surface area contributed by atoms with Crippen molar-refractivity contribution < 1.29 is 14.6 Å². The molecule has 0 saturated heterocycles. The molecule has 108 valence electrons. The molecule has 0 spiro atoms. The number of carbonyl (C=O) groups excluding carboxylic acids is 1. The van der Waals surface area contributed by atoms with Gasteiger partial charge in [0.2, 0.25) is 5.91 Å². The zero-order chi connectivity index (χ0) is 14.8. The van der Waals surface area contributed by atoms with Crippen LogP contribution in [0.5, 0.6) is 11.5 Å². The average molecular weight is 348 g/mol. The van der Waals surface area contributed by atoms with E-state index in [4.69, 9.17) is 4.74 Å². The van der Waals surface area contributed by atoms with Gasteiger partial charge in [-0.1, -0.05) is 15.9 Å². The number of fused-ring (bicyclic) bond motifs is 1. The second-order valence-electron chi connectivity index (χ2n) is 5.00. The second-order valence-corrected chi connectivity index (χ2v) is 5.92. The highest BCUT2D eigenvalue weighted by molar-refractivity contribution is 9.10. The number of anilines is 1. The Labute approximate surface area is 130 Å². The Balaban J connectivity index is 1.70. The molecule has 1 heterocycles. The summed E-state index contributed by atoms with van der Waals surface area (Å²) in [4.78, 5) is 12.3. The summed E-state index contributed by atoms with van der Waals surface area (Å²) in [7, 11) is 0. The Hall–Kier alpha value is -2.01. The number of aromatic hydroxyl groups is 1. The van der Waals surface area contributed by atoms with Crippen LogP contribution in [0.2, 0.25) is 0 Å². The van der Waals surface area contributed by atoms with Crippen LogP contribution < -0.4 is 10.1 Å². The maximum absolute atomic E-state index is 12.3. The van der Waals surface area contributed by atoms with Crippen molar-refractivity contribution in [3.05, 3.63) is 52.5 Å². The molecule has 1 atom stereocenters. The monoisotopic (exact) mass is 347 g/mol. The molecule has 1 aliphatic rings. The maximum atomic E-state index is 12.3. The SMILES string of the molecule is O=C(Nc1ccc(Br)cc1)[C@@H]1COc2ccc(O)cc2C1. The number of phenols is 1. The van der Waals surface area contributed by atoms with Crippen LogP contribution in [0.4, 0.5) is 5.69 Å². The zero-order valence-electron chi connectivity index (χ0n) is 11.2. The standard InChI is InChI=1S/C16H14BrNO3/c17-12-1-3-13(4-2-12)18-16(20)11-7-10-8-14(19)5-6-15(10)21-9-11/h1-6,8,11,19H,7,9H2,(H,18,20)/t11-/m0/s1. The molecular weight excluding hydrogens is 334 g/mol. The van der Waals surface area contributed by atoms with E-state index in [0.29, 0.717) is 13.0 Å². The number of benzene rings is 2. The van der Waals surface area contributed by atoms with Crippen molar-refractivity contribution in [2.75, 3.05) is 11.9 Å². The highest BCUT2D eigenvalue weighted by atomic mass is 79.9. The number of nitrogens with one attached hydrogen (secondary N) is 1. The van der Waals surface area contributed by atoms with Crippen molar-refractivity contribution in [3.63, 3.8) is 0 Å². The van der Waals surface area contributed by atoms with Crippen molar-refractivity contribution >= 4 is 27.5 Å². The van der Waals surface area contributed by atoms with Crippen molar-refractivity contribution in [3.8, 4) is 11.5 Å². The molecule has 2 N–H and O–H groups in total. The molecule has 2 aromatic carbocycles. The summed E-state index contributed by atoms with van der Waals surface area (Å²) < 4.78 is 6.55. The lowest BCUT2D eigenvalue weighted by molar-refractivity contribution is -0.121. The number of carbonyl (C=O) groups is 1.